The molecule has 2 rings (SSSR count). The number of methoxy groups -OCH3 is 2. The normalized spacial score (nSPS) is 20.8. The average Bonchev–Trinajstić information content (AvgIpc) is 2.44. The Morgan fingerprint density at radius 3 is 2.89 bits per heavy atom. The lowest BCUT2D eigenvalue weighted by molar-refractivity contribution is -0.128. The van der Waals surface area contributed by atoms with E-state index in [9.17, 15) is 0 Å². The van der Waals surface area contributed by atoms with Gasteiger partial charge in [0.25, 0.3) is 0 Å². The molecule has 0 aliphatic heterocycles. The Morgan fingerprint density at radius 1 is 1.44 bits per heavy atom. The van der Waals surface area contributed by atoms with Crippen LogP contribution in [0.5, 0.6) is 0 Å². The van der Waals surface area contributed by atoms with Crippen molar-refractivity contribution in [3.63, 3.8) is 0 Å². The largest absolute Gasteiger partial charge is 0.354 e. The monoisotopic (exact) mass is 251 g/mol. The molecule has 1 aromatic heterocycles. The van der Waals surface area contributed by atoms with Crippen molar-refractivity contribution >= 4 is 0 Å². The summed E-state index contributed by atoms with van der Waals surface area (Å²) in [5.74, 6) is 5.90. The highest BCUT2D eigenvalue weighted by molar-refractivity contribution is 5.27. The van der Waals surface area contributed by atoms with E-state index in [0.29, 0.717) is 0 Å². The zero-order valence-electron chi connectivity index (χ0n) is 10.9. The van der Waals surface area contributed by atoms with Crippen LogP contribution in [0.15, 0.2) is 18.3 Å². The molecule has 0 radical (unpaired) electrons. The molecule has 0 spiro atoms. The number of nitrogens with two attached hydrogens (primary N) is 1. The molecule has 18 heavy (non-hydrogen) atoms. The van der Waals surface area contributed by atoms with Crippen molar-refractivity contribution in [2.75, 3.05) is 14.2 Å². The van der Waals surface area contributed by atoms with Gasteiger partial charge in [-0.25, -0.2) is 0 Å². The lowest BCUT2D eigenvalue weighted by atomic mass is 9.82. The fraction of sp³-hybridized carbons (Fsp3) is 0.615. The maximum atomic E-state index is 5.68. The van der Waals surface area contributed by atoms with Gasteiger partial charge in [-0.1, -0.05) is 6.07 Å². The van der Waals surface area contributed by atoms with Crippen LogP contribution in [0.25, 0.3) is 0 Å². The molecule has 0 bridgehead atoms. The standard InChI is InChI=1S/C13H21N3O2/c1-17-13(18-2)12(16-14)10-7-3-5-9-6-4-8-15-11(9)10/h4,6,8,10,12-13,16H,3,5,7,14H2,1-2H3. The lowest BCUT2D eigenvalue weighted by Gasteiger charge is -2.34. The number of aromatic nitrogens is 1. The fourth-order valence-corrected chi connectivity index (χ4v) is 2.77. The Kier molecular flexibility index (Phi) is 4.66. The number of aryl methyl sites for hydroxylation is 1. The molecule has 1 aliphatic carbocycles. The second kappa shape index (κ2) is 6.24. The molecule has 2 atom stereocenters. The molecule has 1 heterocycles. The van der Waals surface area contributed by atoms with Crippen LogP contribution in [0.2, 0.25) is 0 Å². The molecule has 3 N–H and O–H groups in total. The van der Waals surface area contributed by atoms with Crippen LogP contribution < -0.4 is 11.3 Å². The average molecular weight is 251 g/mol. The van der Waals surface area contributed by atoms with Crippen molar-refractivity contribution in [1.82, 2.24) is 10.4 Å². The predicted octanol–water partition coefficient (Wildman–Crippen LogP) is 0.952. The van der Waals surface area contributed by atoms with E-state index in [4.69, 9.17) is 15.3 Å². The van der Waals surface area contributed by atoms with E-state index in [1.165, 1.54) is 5.56 Å². The summed E-state index contributed by atoms with van der Waals surface area (Å²) >= 11 is 0. The first-order valence-corrected chi connectivity index (χ1v) is 6.27. The molecule has 2 unspecified atom stereocenters. The van der Waals surface area contributed by atoms with Gasteiger partial charge in [-0.05, 0) is 30.9 Å². The van der Waals surface area contributed by atoms with E-state index in [2.05, 4.69) is 16.5 Å². The van der Waals surface area contributed by atoms with Gasteiger partial charge >= 0.3 is 0 Å². The number of hydrogen-bond acceptors (Lipinski definition) is 5. The van der Waals surface area contributed by atoms with Crippen molar-refractivity contribution in [3.05, 3.63) is 29.6 Å². The first-order chi connectivity index (χ1) is 8.81. The smallest absolute Gasteiger partial charge is 0.173 e. The number of hydrazine groups is 1. The Bertz CT molecular complexity index is 382. The Balaban J connectivity index is 2.27. The van der Waals surface area contributed by atoms with Crippen LogP contribution in [-0.2, 0) is 15.9 Å². The number of ether oxygens (including phenoxy) is 2. The van der Waals surface area contributed by atoms with Crippen LogP contribution in [0, 0.1) is 0 Å². The first kappa shape index (κ1) is 13.4. The second-order valence-corrected chi connectivity index (χ2v) is 4.58. The predicted molar refractivity (Wildman–Crippen MR) is 68.8 cm³/mol. The van der Waals surface area contributed by atoms with Gasteiger partial charge in [0, 0.05) is 32.0 Å². The summed E-state index contributed by atoms with van der Waals surface area (Å²) in [6, 6.07) is 4.03. The zero-order valence-corrected chi connectivity index (χ0v) is 10.9. The molecule has 1 aromatic rings. The van der Waals surface area contributed by atoms with Crippen LogP contribution >= 0.6 is 0 Å². The second-order valence-electron chi connectivity index (χ2n) is 4.58. The van der Waals surface area contributed by atoms with E-state index in [1.807, 2.05) is 12.3 Å². The third kappa shape index (κ3) is 2.54. The van der Waals surface area contributed by atoms with Crippen LogP contribution in [-0.4, -0.2) is 31.5 Å². The summed E-state index contributed by atoms with van der Waals surface area (Å²) in [5.41, 5.74) is 5.25. The minimum absolute atomic E-state index is 0.0889. The summed E-state index contributed by atoms with van der Waals surface area (Å²) in [5, 5.41) is 0. The summed E-state index contributed by atoms with van der Waals surface area (Å²) in [6.45, 7) is 0. The molecule has 5 nitrogen and oxygen atoms in total. The summed E-state index contributed by atoms with van der Waals surface area (Å²) < 4.78 is 10.7. The number of hydrogen-bond donors (Lipinski definition) is 2. The van der Waals surface area contributed by atoms with Gasteiger partial charge in [0.15, 0.2) is 6.29 Å². The molecule has 1 aliphatic rings. The Hall–Kier alpha value is -1.01. The van der Waals surface area contributed by atoms with Gasteiger partial charge in [-0.15, -0.1) is 0 Å². The first-order valence-electron chi connectivity index (χ1n) is 6.27. The summed E-state index contributed by atoms with van der Waals surface area (Å²) in [4.78, 5) is 4.51. The third-order valence-corrected chi connectivity index (χ3v) is 3.62. The van der Waals surface area contributed by atoms with Crippen molar-refractivity contribution in [2.45, 2.75) is 37.5 Å². The molecule has 5 heteroatoms. The molecule has 0 saturated heterocycles. The van der Waals surface area contributed by atoms with Crippen LogP contribution in [0.1, 0.15) is 30.0 Å². The minimum atomic E-state index is -0.368. The Labute approximate surface area is 108 Å². The number of fused-ring (bicyclic) bond motifs is 1. The van der Waals surface area contributed by atoms with Crippen molar-refractivity contribution in [2.24, 2.45) is 5.84 Å². The highest BCUT2D eigenvalue weighted by Gasteiger charge is 2.34. The zero-order chi connectivity index (χ0) is 13.0. The van der Waals surface area contributed by atoms with Crippen molar-refractivity contribution < 1.29 is 9.47 Å². The van der Waals surface area contributed by atoms with Crippen LogP contribution in [0.4, 0.5) is 0 Å². The van der Waals surface area contributed by atoms with E-state index in [1.54, 1.807) is 14.2 Å². The van der Waals surface area contributed by atoms with Gasteiger partial charge < -0.3 is 9.47 Å². The quantitative estimate of drug-likeness (QED) is 0.463. The van der Waals surface area contributed by atoms with E-state index >= 15 is 0 Å². The van der Waals surface area contributed by atoms with Crippen molar-refractivity contribution in [3.8, 4) is 0 Å². The van der Waals surface area contributed by atoms with Gasteiger partial charge in [-0.3, -0.25) is 16.3 Å². The number of nitrogens with one attached hydrogen (secondary N) is 1. The van der Waals surface area contributed by atoms with Gasteiger partial charge in [0.1, 0.15) is 0 Å². The summed E-state index contributed by atoms with van der Waals surface area (Å²) in [7, 11) is 3.25. The maximum absolute atomic E-state index is 5.68. The minimum Gasteiger partial charge on any atom is -0.354 e. The van der Waals surface area contributed by atoms with Gasteiger partial charge in [0.05, 0.1) is 6.04 Å². The lowest BCUT2D eigenvalue weighted by Crippen LogP contribution is -2.50. The molecule has 100 valence electrons. The van der Waals surface area contributed by atoms with Crippen LogP contribution in [0.3, 0.4) is 0 Å². The highest BCUT2D eigenvalue weighted by Crippen LogP contribution is 2.33. The molecular formula is C13H21N3O2. The van der Waals surface area contributed by atoms with E-state index < -0.39 is 0 Å². The number of pyridine rings is 1. The molecule has 0 saturated carbocycles. The van der Waals surface area contributed by atoms with Gasteiger partial charge in [-0.2, -0.15) is 0 Å². The highest BCUT2D eigenvalue weighted by atomic mass is 16.7. The topological polar surface area (TPSA) is 69.4 Å². The van der Waals surface area contributed by atoms with E-state index in [0.717, 1.165) is 25.0 Å². The molecular weight excluding hydrogens is 230 g/mol. The molecule has 0 aromatic carbocycles. The number of rotatable bonds is 5. The fourth-order valence-electron chi connectivity index (χ4n) is 2.77. The summed E-state index contributed by atoms with van der Waals surface area (Å²) in [6.07, 6.45) is 4.73. The van der Waals surface area contributed by atoms with Gasteiger partial charge in [0.2, 0.25) is 0 Å². The van der Waals surface area contributed by atoms with Crippen molar-refractivity contribution in [1.29, 1.82) is 0 Å². The number of nitrogens with zero attached hydrogens (tertiary/aromatic N) is 1. The molecule has 0 fully saturated rings. The molecule has 0 amide bonds. The Morgan fingerprint density at radius 2 is 2.22 bits per heavy atom. The van der Waals surface area contributed by atoms with E-state index in [-0.39, 0.29) is 18.2 Å². The maximum Gasteiger partial charge on any atom is 0.173 e. The third-order valence-electron chi connectivity index (χ3n) is 3.62. The SMILES string of the molecule is COC(OC)C(NN)C1CCCc2cccnc21.